The van der Waals surface area contributed by atoms with E-state index >= 15 is 0 Å². The molecule has 0 saturated carbocycles. The summed E-state index contributed by atoms with van der Waals surface area (Å²) >= 11 is 0. The van der Waals surface area contributed by atoms with E-state index in [1.54, 1.807) is 35.2 Å². The average Bonchev–Trinajstić information content (AvgIpc) is 3.05. The molecular formula is C19H17F2N3O. The summed E-state index contributed by atoms with van der Waals surface area (Å²) < 4.78 is 27.2. The number of hydrogen-bond acceptors (Lipinski definition) is 2. The zero-order valence-corrected chi connectivity index (χ0v) is 13.5. The normalized spacial score (nSPS) is 15.0. The molecule has 0 atom stereocenters. The van der Waals surface area contributed by atoms with Crippen molar-refractivity contribution in [3.8, 4) is 0 Å². The van der Waals surface area contributed by atoms with Crippen molar-refractivity contribution in [2.24, 2.45) is 0 Å². The molecule has 1 aliphatic rings. The molecule has 0 bridgehead atoms. The number of piperazine rings is 1. The molecule has 1 aromatic heterocycles. The highest BCUT2D eigenvalue weighted by Gasteiger charge is 2.24. The maximum absolute atomic E-state index is 13.9. The number of fused-ring (bicyclic) bond motifs is 1. The van der Waals surface area contributed by atoms with Crippen LogP contribution in [0.4, 0.5) is 14.5 Å². The summed E-state index contributed by atoms with van der Waals surface area (Å²) in [5, 5.41) is 0.801. The summed E-state index contributed by atoms with van der Waals surface area (Å²) in [5.41, 5.74) is 1.61. The third-order valence-electron chi connectivity index (χ3n) is 4.57. The number of rotatable bonds is 2. The lowest BCUT2D eigenvalue weighted by Gasteiger charge is -2.36. The second-order valence-electron chi connectivity index (χ2n) is 6.15. The highest BCUT2D eigenvalue weighted by atomic mass is 19.1. The fourth-order valence-electron chi connectivity index (χ4n) is 3.24. The van der Waals surface area contributed by atoms with Crippen LogP contribution in [0.25, 0.3) is 10.9 Å². The van der Waals surface area contributed by atoms with Gasteiger partial charge in [-0.1, -0.05) is 12.1 Å². The number of halogens is 2. The predicted molar refractivity (Wildman–Crippen MR) is 92.8 cm³/mol. The van der Waals surface area contributed by atoms with Gasteiger partial charge in [-0.15, -0.1) is 0 Å². The monoisotopic (exact) mass is 341 g/mol. The van der Waals surface area contributed by atoms with Gasteiger partial charge in [0.05, 0.1) is 5.69 Å². The third-order valence-corrected chi connectivity index (χ3v) is 4.57. The molecule has 4 rings (SSSR count). The summed E-state index contributed by atoms with van der Waals surface area (Å²) in [6.45, 7) is 2.16. The van der Waals surface area contributed by atoms with Gasteiger partial charge in [0.2, 0.25) is 0 Å². The Balaban J connectivity index is 1.48. The fourth-order valence-corrected chi connectivity index (χ4v) is 3.24. The van der Waals surface area contributed by atoms with E-state index in [4.69, 9.17) is 0 Å². The van der Waals surface area contributed by atoms with Crippen molar-refractivity contribution in [2.45, 2.75) is 0 Å². The standard InChI is InChI=1S/C19H17F2N3O/c20-14-6-5-13-11-17(22-16(13)12-14)19(25)24-9-7-23(8-10-24)18-4-2-1-3-15(18)21/h1-6,11-12,22H,7-10H2. The molecule has 1 saturated heterocycles. The van der Waals surface area contributed by atoms with E-state index in [9.17, 15) is 13.6 Å². The van der Waals surface area contributed by atoms with E-state index in [0.29, 0.717) is 43.1 Å². The Hall–Kier alpha value is -2.89. The van der Waals surface area contributed by atoms with Crippen LogP contribution in [0, 0.1) is 11.6 Å². The lowest BCUT2D eigenvalue weighted by molar-refractivity contribution is 0.0741. The van der Waals surface area contributed by atoms with Crippen molar-refractivity contribution in [3.05, 3.63) is 65.9 Å². The molecule has 1 fully saturated rings. The van der Waals surface area contributed by atoms with Crippen molar-refractivity contribution in [2.75, 3.05) is 31.1 Å². The van der Waals surface area contributed by atoms with Crippen LogP contribution in [0.5, 0.6) is 0 Å². The van der Waals surface area contributed by atoms with E-state index in [1.807, 2.05) is 4.90 Å². The van der Waals surface area contributed by atoms with Gasteiger partial charge in [0.25, 0.3) is 5.91 Å². The van der Waals surface area contributed by atoms with Crippen LogP contribution in [-0.4, -0.2) is 42.0 Å². The zero-order valence-electron chi connectivity index (χ0n) is 13.5. The maximum Gasteiger partial charge on any atom is 0.270 e. The first-order valence-electron chi connectivity index (χ1n) is 8.19. The van der Waals surface area contributed by atoms with Crippen LogP contribution in [0.2, 0.25) is 0 Å². The lowest BCUT2D eigenvalue weighted by atomic mass is 10.2. The van der Waals surface area contributed by atoms with Crippen molar-refractivity contribution >= 4 is 22.5 Å². The number of nitrogens with zero attached hydrogens (tertiary/aromatic N) is 2. The van der Waals surface area contributed by atoms with Gasteiger partial charge in [-0.25, -0.2) is 8.78 Å². The van der Waals surface area contributed by atoms with E-state index in [0.717, 1.165) is 5.39 Å². The molecule has 25 heavy (non-hydrogen) atoms. The highest BCUT2D eigenvalue weighted by molar-refractivity contribution is 5.98. The molecule has 6 heteroatoms. The van der Waals surface area contributed by atoms with Gasteiger partial charge in [-0.3, -0.25) is 4.79 Å². The van der Waals surface area contributed by atoms with Crippen LogP contribution in [-0.2, 0) is 0 Å². The molecule has 2 aromatic carbocycles. The Morgan fingerprint density at radius 2 is 1.72 bits per heavy atom. The van der Waals surface area contributed by atoms with Gasteiger partial charge in [0.1, 0.15) is 17.3 Å². The summed E-state index contributed by atoms with van der Waals surface area (Å²) in [4.78, 5) is 19.3. The summed E-state index contributed by atoms with van der Waals surface area (Å²) in [5.74, 6) is -0.712. The Kier molecular flexibility index (Phi) is 3.87. The molecule has 1 aliphatic heterocycles. The molecular weight excluding hydrogens is 324 g/mol. The van der Waals surface area contributed by atoms with Crippen molar-refractivity contribution in [1.82, 2.24) is 9.88 Å². The maximum atomic E-state index is 13.9. The smallest absolute Gasteiger partial charge is 0.270 e. The number of carbonyl (C=O) groups excluding carboxylic acids is 1. The van der Waals surface area contributed by atoms with Crippen molar-refractivity contribution < 1.29 is 13.6 Å². The number of anilines is 1. The Labute approximate surface area is 143 Å². The lowest BCUT2D eigenvalue weighted by Crippen LogP contribution is -2.49. The molecule has 1 N–H and O–H groups in total. The summed E-state index contributed by atoms with van der Waals surface area (Å²) in [6.07, 6.45) is 0. The van der Waals surface area contributed by atoms with Crippen LogP contribution < -0.4 is 4.90 Å². The van der Waals surface area contributed by atoms with Crippen LogP contribution >= 0.6 is 0 Å². The second-order valence-corrected chi connectivity index (χ2v) is 6.15. The Morgan fingerprint density at radius 3 is 2.48 bits per heavy atom. The van der Waals surface area contributed by atoms with E-state index < -0.39 is 0 Å². The molecule has 0 aliphatic carbocycles. The fraction of sp³-hybridized carbons (Fsp3) is 0.211. The topological polar surface area (TPSA) is 39.3 Å². The molecule has 3 aromatic rings. The summed E-state index contributed by atoms with van der Waals surface area (Å²) in [7, 11) is 0. The van der Waals surface area contributed by atoms with Gasteiger partial charge < -0.3 is 14.8 Å². The molecule has 0 spiro atoms. The van der Waals surface area contributed by atoms with Crippen molar-refractivity contribution in [1.29, 1.82) is 0 Å². The minimum atomic E-state index is -0.341. The molecule has 0 unspecified atom stereocenters. The first-order chi connectivity index (χ1) is 12.1. The van der Waals surface area contributed by atoms with Crippen LogP contribution in [0.1, 0.15) is 10.5 Å². The third kappa shape index (κ3) is 2.95. The number of aromatic amines is 1. The number of aromatic nitrogens is 1. The molecule has 2 heterocycles. The first kappa shape index (κ1) is 15.6. The first-order valence-corrected chi connectivity index (χ1v) is 8.19. The quantitative estimate of drug-likeness (QED) is 0.776. The van der Waals surface area contributed by atoms with E-state index in [2.05, 4.69) is 4.98 Å². The number of carbonyl (C=O) groups is 1. The number of amides is 1. The van der Waals surface area contributed by atoms with E-state index in [1.165, 1.54) is 18.2 Å². The molecule has 0 radical (unpaired) electrons. The van der Waals surface area contributed by atoms with Gasteiger partial charge in [-0.05, 0) is 36.4 Å². The number of nitrogens with one attached hydrogen (secondary N) is 1. The average molecular weight is 341 g/mol. The van der Waals surface area contributed by atoms with Crippen molar-refractivity contribution in [3.63, 3.8) is 0 Å². The minimum Gasteiger partial charge on any atom is -0.366 e. The molecule has 1 amide bonds. The Morgan fingerprint density at radius 1 is 0.960 bits per heavy atom. The predicted octanol–water partition coefficient (Wildman–Crippen LogP) is 3.41. The second kappa shape index (κ2) is 6.20. The number of benzene rings is 2. The largest absolute Gasteiger partial charge is 0.366 e. The SMILES string of the molecule is O=C(c1cc2ccc(F)cc2[nH]1)N1CCN(c2ccccc2F)CC1. The molecule has 4 nitrogen and oxygen atoms in total. The summed E-state index contributed by atoms with van der Waals surface area (Å²) in [6, 6.07) is 12.8. The van der Waals surface area contributed by atoms with Gasteiger partial charge in [-0.2, -0.15) is 0 Å². The van der Waals surface area contributed by atoms with Crippen LogP contribution in [0.15, 0.2) is 48.5 Å². The Bertz CT molecular complexity index is 929. The van der Waals surface area contributed by atoms with Gasteiger partial charge >= 0.3 is 0 Å². The minimum absolute atomic E-state index is 0.121. The zero-order chi connectivity index (χ0) is 17.4. The molecule has 128 valence electrons. The van der Waals surface area contributed by atoms with Gasteiger partial charge in [0, 0.05) is 37.1 Å². The number of H-pyrrole nitrogens is 1. The number of hydrogen-bond donors (Lipinski definition) is 1. The number of para-hydroxylation sites is 1. The van der Waals surface area contributed by atoms with Gasteiger partial charge in [0.15, 0.2) is 0 Å². The van der Waals surface area contributed by atoms with E-state index in [-0.39, 0.29) is 17.5 Å². The highest BCUT2D eigenvalue weighted by Crippen LogP contribution is 2.22. The van der Waals surface area contributed by atoms with Crippen LogP contribution in [0.3, 0.4) is 0 Å².